The van der Waals surface area contributed by atoms with Crippen molar-refractivity contribution in [1.29, 1.82) is 0 Å². The molecule has 0 bridgehead atoms. The van der Waals surface area contributed by atoms with Gasteiger partial charge >= 0.3 is 5.97 Å². The lowest BCUT2D eigenvalue weighted by Gasteiger charge is -2.26. The number of carbonyl (C=O) groups excluding carboxylic acids is 2. The molecule has 0 spiro atoms. The number of fused-ring (bicyclic) bond motifs is 1. The molecule has 8 nitrogen and oxygen atoms in total. The number of hydrogen-bond acceptors (Lipinski definition) is 7. The number of amides is 1. The lowest BCUT2D eigenvalue weighted by molar-refractivity contribution is 0.0382. The average molecular weight is 362 g/mol. The molecule has 0 atom stereocenters. The lowest BCUT2D eigenvalue weighted by atomic mass is 10.1. The monoisotopic (exact) mass is 362 g/mol. The Hall–Kier alpha value is -2.58. The number of carbonyl (C=O) groups is 2. The van der Waals surface area contributed by atoms with Gasteiger partial charge in [0.05, 0.1) is 33.0 Å². The summed E-state index contributed by atoms with van der Waals surface area (Å²) >= 11 is 0. The fourth-order valence-corrected chi connectivity index (χ4v) is 2.90. The fraction of sp³-hybridized carbons (Fsp3) is 0.444. The van der Waals surface area contributed by atoms with Crippen LogP contribution < -0.4 is 10.1 Å². The summed E-state index contributed by atoms with van der Waals surface area (Å²) in [7, 11) is 2.80. The van der Waals surface area contributed by atoms with Gasteiger partial charge in [-0.2, -0.15) is 0 Å². The minimum absolute atomic E-state index is 0.122. The average Bonchev–Trinajstić information content (AvgIpc) is 3.13. The van der Waals surface area contributed by atoms with Gasteiger partial charge in [0.1, 0.15) is 0 Å². The van der Waals surface area contributed by atoms with Crippen molar-refractivity contribution in [2.24, 2.45) is 0 Å². The molecule has 0 saturated carbocycles. The number of benzene rings is 1. The smallest absolute Gasteiger partial charge is 0.338 e. The maximum atomic E-state index is 12.4. The zero-order valence-electron chi connectivity index (χ0n) is 14.9. The molecule has 1 aliphatic rings. The van der Waals surface area contributed by atoms with Gasteiger partial charge in [-0.15, -0.1) is 0 Å². The number of hydrogen-bond donors (Lipinski definition) is 1. The van der Waals surface area contributed by atoms with Gasteiger partial charge in [0, 0.05) is 31.6 Å². The van der Waals surface area contributed by atoms with Crippen LogP contribution >= 0.6 is 0 Å². The van der Waals surface area contributed by atoms with Crippen LogP contribution in [0.3, 0.4) is 0 Å². The van der Waals surface area contributed by atoms with Crippen molar-refractivity contribution in [3.8, 4) is 5.75 Å². The molecule has 1 fully saturated rings. The van der Waals surface area contributed by atoms with E-state index in [1.165, 1.54) is 20.3 Å². The first kappa shape index (κ1) is 18.2. The van der Waals surface area contributed by atoms with Crippen LogP contribution in [0.4, 0.5) is 0 Å². The van der Waals surface area contributed by atoms with Crippen molar-refractivity contribution >= 4 is 22.8 Å². The second kappa shape index (κ2) is 8.20. The number of esters is 1. The second-order valence-corrected chi connectivity index (χ2v) is 5.87. The van der Waals surface area contributed by atoms with E-state index >= 15 is 0 Å². The van der Waals surface area contributed by atoms with Crippen molar-refractivity contribution in [3.05, 3.63) is 29.5 Å². The zero-order valence-corrected chi connectivity index (χ0v) is 14.9. The highest BCUT2D eigenvalue weighted by Crippen LogP contribution is 2.31. The van der Waals surface area contributed by atoms with Crippen molar-refractivity contribution in [3.63, 3.8) is 0 Å². The van der Waals surface area contributed by atoms with Gasteiger partial charge in [-0.1, -0.05) is 0 Å². The molecule has 2 aromatic rings. The molecule has 1 saturated heterocycles. The van der Waals surface area contributed by atoms with E-state index < -0.39 is 5.97 Å². The van der Waals surface area contributed by atoms with E-state index in [4.69, 9.17) is 18.6 Å². The first-order chi connectivity index (χ1) is 12.6. The summed E-state index contributed by atoms with van der Waals surface area (Å²) in [5.41, 5.74) is 0.660. The van der Waals surface area contributed by atoms with Crippen LogP contribution in [0.1, 0.15) is 20.9 Å². The summed E-state index contributed by atoms with van der Waals surface area (Å²) in [5.74, 6) is -0.276. The van der Waals surface area contributed by atoms with E-state index in [0.717, 1.165) is 19.6 Å². The van der Waals surface area contributed by atoms with Gasteiger partial charge < -0.3 is 23.9 Å². The standard InChI is InChI=1S/C18H22N2O6/c1-23-14-4-3-12(18(22)24-2)13-11-15(26-16(13)14)17(21)19-5-6-20-7-9-25-10-8-20/h3-4,11H,5-10H2,1-2H3,(H,19,21). The number of rotatable bonds is 6. The number of nitrogens with zero attached hydrogens (tertiary/aromatic N) is 1. The van der Waals surface area contributed by atoms with E-state index in [1.54, 1.807) is 12.1 Å². The van der Waals surface area contributed by atoms with Gasteiger partial charge in [-0.25, -0.2) is 4.79 Å². The number of nitrogens with one attached hydrogen (secondary N) is 1. The second-order valence-electron chi connectivity index (χ2n) is 5.87. The molecule has 26 heavy (non-hydrogen) atoms. The Morgan fingerprint density at radius 2 is 2.00 bits per heavy atom. The predicted octanol–water partition coefficient (Wildman–Crippen LogP) is 1.29. The molecule has 140 valence electrons. The van der Waals surface area contributed by atoms with E-state index in [-0.39, 0.29) is 11.7 Å². The van der Waals surface area contributed by atoms with Crippen LogP contribution in [-0.4, -0.2) is 70.4 Å². The third kappa shape index (κ3) is 3.81. The Morgan fingerprint density at radius 3 is 2.69 bits per heavy atom. The van der Waals surface area contributed by atoms with Crippen LogP contribution in [-0.2, 0) is 9.47 Å². The molecule has 1 aliphatic heterocycles. The topological polar surface area (TPSA) is 90.2 Å². The Labute approximate surface area is 151 Å². The summed E-state index contributed by atoms with van der Waals surface area (Å²) in [6.45, 7) is 4.39. The minimum atomic E-state index is -0.502. The third-order valence-electron chi connectivity index (χ3n) is 4.31. The highest BCUT2D eigenvalue weighted by Gasteiger charge is 2.21. The van der Waals surface area contributed by atoms with Gasteiger partial charge in [0.2, 0.25) is 0 Å². The summed E-state index contributed by atoms with van der Waals surface area (Å²) in [4.78, 5) is 26.6. The molecule has 3 rings (SSSR count). The Kier molecular flexibility index (Phi) is 5.75. The first-order valence-electron chi connectivity index (χ1n) is 8.41. The number of morpholine rings is 1. The van der Waals surface area contributed by atoms with Crippen LogP contribution in [0.5, 0.6) is 5.75 Å². The quantitative estimate of drug-likeness (QED) is 0.775. The van der Waals surface area contributed by atoms with E-state index in [9.17, 15) is 9.59 Å². The maximum Gasteiger partial charge on any atom is 0.338 e. The summed E-state index contributed by atoms with van der Waals surface area (Å²) in [5, 5.41) is 3.32. The molecule has 0 aliphatic carbocycles. The Bertz CT molecular complexity index is 794. The lowest BCUT2D eigenvalue weighted by Crippen LogP contribution is -2.41. The number of furan rings is 1. The minimum Gasteiger partial charge on any atom is -0.493 e. The van der Waals surface area contributed by atoms with E-state index in [2.05, 4.69) is 10.2 Å². The molecular formula is C18H22N2O6. The van der Waals surface area contributed by atoms with Crippen LogP contribution in [0, 0.1) is 0 Å². The number of ether oxygens (including phenoxy) is 3. The maximum absolute atomic E-state index is 12.4. The third-order valence-corrected chi connectivity index (χ3v) is 4.31. The van der Waals surface area contributed by atoms with Gasteiger partial charge in [-0.05, 0) is 18.2 Å². The van der Waals surface area contributed by atoms with Crippen molar-refractivity contribution in [1.82, 2.24) is 10.2 Å². The van der Waals surface area contributed by atoms with Crippen LogP contribution in [0.2, 0.25) is 0 Å². The van der Waals surface area contributed by atoms with Crippen LogP contribution in [0.15, 0.2) is 22.6 Å². The van der Waals surface area contributed by atoms with Crippen molar-refractivity contribution < 1.29 is 28.2 Å². The molecule has 0 radical (unpaired) electrons. The van der Waals surface area contributed by atoms with E-state index in [0.29, 0.717) is 42.0 Å². The number of methoxy groups -OCH3 is 2. The molecule has 1 aromatic heterocycles. The van der Waals surface area contributed by atoms with Gasteiger partial charge in [0.15, 0.2) is 17.1 Å². The molecule has 1 aromatic carbocycles. The van der Waals surface area contributed by atoms with E-state index in [1.807, 2.05) is 0 Å². The normalized spacial score (nSPS) is 15.0. The summed E-state index contributed by atoms with van der Waals surface area (Å²) < 4.78 is 21.0. The molecule has 1 amide bonds. The van der Waals surface area contributed by atoms with Gasteiger partial charge in [0.25, 0.3) is 5.91 Å². The Balaban J connectivity index is 1.74. The molecule has 1 N–H and O–H groups in total. The largest absolute Gasteiger partial charge is 0.493 e. The summed E-state index contributed by atoms with van der Waals surface area (Å²) in [6.07, 6.45) is 0. The van der Waals surface area contributed by atoms with Gasteiger partial charge in [-0.3, -0.25) is 9.69 Å². The first-order valence-corrected chi connectivity index (χ1v) is 8.41. The van der Waals surface area contributed by atoms with Crippen molar-refractivity contribution in [2.45, 2.75) is 0 Å². The van der Waals surface area contributed by atoms with Crippen molar-refractivity contribution in [2.75, 3.05) is 53.6 Å². The fourth-order valence-electron chi connectivity index (χ4n) is 2.90. The molecule has 2 heterocycles. The highest BCUT2D eigenvalue weighted by atomic mass is 16.5. The highest BCUT2D eigenvalue weighted by molar-refractivity contribution is 6.07. The Morgan fingerprint density at radius 1 is 1.23 bits per heavy atom. The zero-order chi connectivity index (χ0) is 18.5. The molecular weight excluding hydrogens is 340 g/mol. The summed E-state index contributed by atoms with van der Waals surface area (Å²) in [6, 6.07) is 4.73. The van der Waals surface area contributed by atoms with Crippen LogP contribution in [0.25, 0.3) is 11.0 Å². The molecule has 8 heteroatoms. The SMILES string of the molecule is COC(=O)c1ccc(OC)c2oc(C(=O)NCCN3CCOCC3)cc12. The predicted molar refractivity (Wildman–Crippen MR) is 93.7 cm³/mol. The molecule has 0 unspecified atom stereocenters.